The number of pyridine rings is 1. The Kier molecular flexibility index (Phi) is 4.22. The number of hydrogen-bond acceptors (Lipinski definition) is 4. The summed E-state index contributed by atoms with van der Waals surface area (Å²) in [7, 11) is 0. The second-order valence-electron chi connectivity index (χ2n) is 7.24. The average Bonchev–Trinajstić information content (AvgIpc) is 3.38. The molecule has 0 atom stereocenters. The number of rotatable bonds is 4. The number of furan rings is 1. The van der Waals surface area contributed by atoms with Gasteiger partial charge in [0.1, 0.15) is 0 Å². The lowest BCUT2D eigenvalue weighted by atomic mass is 9.96. The Hall–Kier alpha value is -2.92. The first kappa shape index (κ1) is 16.3. The topological polar surface area (TPSA) is 46.6 Å². The number of hydrogen-bond donors (Lipinski definition) is 0. The molecule has 136 valence electrons. The van der Waals surface area contributed by atoms with E-state index in [0.29, 0.717) is 5.92 Å². The van der Waals surface area contributed by atoms with Crippen LogP contribution in [0.2, 0.25) is 0 Å². The average molecular weight is 358 g/mol. The van der Waals surface area contributed by atoms with Gasteiger partial charge in [0.2, 0.25) is 0 Å². The SMILES string of the molecule is c1ccc(-c2ccc3nc(C4CCN(Cc5ccoc5)CC4)nn3c2)cc1. The van der Waals surface area contributed by atoms with Crippen molar-refractivity contribution in [2.24, 2.45) is 0 Å². The second kappa shape index (κ2) is 7.00. The van der Waals surface area contributed by atoms with E-state index < -0.39 is 0 Å². The van der Waals surface area contributed by atoms with Crippen LogP contribution in [0.4, 0.5) is 0 Å². The van der Waals surface area contributed by atoms with Crippen LogP contribution in [0.25, 0.3) is 16.8 Å². The number of benzene rings is 1. The molecule has 0 amide bonds. The van der Waals surface area contributed by atoms with E-state index in [1.807, 2.05) is 22.9 Å². The predicted molar refractivity (Wildman–Crippen MR) is 104 cm³/mol. The molecule has 1 fully saturated rings. The summed E-state index contributed by atoms with van der Waals surface area (Å²) in [4.78, 5) is 7.27. The summed E-state index contributed by atoms with van der Waals surface area (Å²) in [5.74, 6) is 1.41. The maximum absolute atomic E-state index is 5.17. The van der Waals surface area contributed by atoms with Crippen LogP contribution < -0.4 is 0 Å². The van der Waals surface area contributed by atoms with Gasteiger partial charge < -0.3 is 4.42 Å². The van der Waals surface area contributed by atoms with E-state index in [9.17, 15) is 0 Å². The quantitative estimate of drug-likeness (QED) is 0.543. The molecule has 1 saturated heterocycles. The Morgan fingerprint density at radius 2 is 1.81 bits per heavy atom. The lowest BCUT2D eigenvalue weighted by Gasteiger charge is -2.30. The highest BCUT2D eigenvalue weighted by Crippen LogP contribution is 2.27. The summed E-state index contributed by atoms with van der Waals surface area (Å²) < 4.78 is 7.10. The monoisotopic (exact) mass is 358 g/mol. The highest BCUT2D eigenvalue weighted by Gasteiger charge is 2.24. The van der Waals surface area contributed by atoms with Gasteiger partial charge in [0, 0.05) is 29.8 Å². The smallest absolute Gasteiger partial charge is 0.155 e. The van der Waals surface area contributed by atoms with E-state index in [2.05, 4.69) is 47.5 Å². The van der Waals surface area contributed by atoms with Gasteiger partial charge in [-0.2, -0.15) is 5.10 Å². The number of fused-ring (bicyclic) bond motifs is 1. The molecule has 4 aromatic rings. The highest BCUT2D eigenvalue weighted by atomic mass is 16.3. The van der Waals surface area contributed by atoms with Crippen LogP contribution in [0.5, 0.6) is 0 Å². The zero-order chi connectivity index (χ0) is 18.1. The van der Waals surface area contributed by atoms with Crippen LogP contribution in [0.15, 0.2) is 71.7 Å². The molecule has 0 radical (unpaired) electrons. The van der Waals surface area contributed by atoms with Crippen LogP contribution in [-0.2, 0) is 6.54 Å². The van der Waals surface area contributed by atoms with Crippen molar-refractivity contribution in [2.45, 2.75) is 25.3 Å². The van der Waals surface area contributed by atoms with Gasteiger partial charge >= 0.3 is 0 Å². The molecular formula is C22H22N4O. The van der Waals surface area contributed by atoms with E-state index in [0.717, 1.165) is 49.5 Å². The first-order valence-corrected chi connectivity index (χ1v) is 9.50. The van der Waals surface area contributed by atoms with Crippen LogP contribution in [0, 0.1) is 0 Å². The normalized spacial score (nSPS) is 16.1. The number of aromatic nitrogens is 3. The van der Waals surface area contributed by atoms with Crippen LogP contribution >= 0.6 is 0 Å². The van der Waals surface area contributed by atoms with Crippen molar-refractivity contribution >= 4 is 5.65 Å². The minimum atomic E-state index is 0.436. The van der Waals surface area contributed by atoms with Gasteiger partial charge in [-0.1, -0.05) is 30.3 Å². The molecule has 0 aliphatic carbocycles. The Bertz CT molecular complexity index is 1020. The fourth-order valence-corrected chi connectivity index (χ4v) is 3.86. The van der Waals surface area contributed by atoms with Gasteiger partial charge in [-0.05, 0) is 49.7 Å². The minimum Gasteiger partial charge on any atom is -0.472 e. The van der Waals surface area contributed by atoms with Crippen LogP contribution in [0.3, 0.4) is 0 Å². The van der Waals surface area contributed by atoms with E-state index in [1.54, 1.807) is 6.26 Å². The Morgan fingerprint density at radius 3 is 2.59 bits per heavy atom. The molecule has 1 aromatic carbocycles. The number of likely N-dealkylation sites (tertiary alicyclic amines) is 1. The highest BCUT2D eigenvalue weighted by molar-refractivity contribution is 5.64. The Morgan fingerprint density at radius 1 is 0.963 bits per heavy atom. The summed E-state index contributed by atoms with van der Waals surface area (Å²) in [5, 5.41) is 4.80. The van der Waals surface area contributed by atoms with E-state index >= 15 is 0 Å². The maximum Gasteiger partial charge on any atom is 0.155 e. The van der Waals surface area contributed by atoms with Gasteiger partial charge in [-0.25, -0.2) is 9.50 Å². The van der Waals surface area contributed by atoms with Crippen molar-refractivity contribution in [3.05, 3.63) is 78.6 Å². The molecule has 0 N–H and O–H groups in total. The van der Waals surface area contributed by atoms with E-state index in [1.165, 1.54) is 11.1 Å². The summed E-state index contributed by atoms with van der Waals surface area (Å²) in [6.07, 6.45) is 7.85. The lowest BCUT2D eigenvalue weighted by molar-refractivity contribution is 0.201. The molecule has 4 heterocycles. The fourth-order valence-electron chi connectivity index (χ4n) is 3.86. The van der Waals surface area contributed by atoms with Crippen molar-refractivity contribution in [1.29, 1.82) is 0 Å². The third-order valence-electron chi connectivity index (χ3n) is 5.39. The van der Waals surface area contributed by atoms with Crippen LogP contribution in [-0.4, -0.2) is 32.6 Å². The van der Waals surface area contributed by atoms with Gasteiger partial charge in [-0.3, -0.25) is 4.90 Å². The summed E-state index contributed by atoms with van der Waals surface area (Å²) in [5.41, 5.74) is 4.52. The van der Waals surface area contributed by atoms with Crippen molar-refractivity contribution in [2.75, 3.05) is 13.1 Å². The van der Waals surface area contributed by atoms with Gasteiger partial charge in [0.15, 0.2) is 11.5 Å². The molecule has 1 aliphatic rings. The zero-order valence-electron chi connectivity index (χ0n) is 15.2. The third-order valence-corrected chi connectivity index (χ3v) is 5.39. The van der Waals surface area contributed by atoms with E-state index in [-0.39, 0.29) is 0 Å². The molecule has 0 spiro atoms. The zero-order valence-corrected chi connectivity index (χ0v) is 15.2. The molecule has 0 bridgehead atoms. The fraction of sp³-hybridized carbons (Fsp3) is 0.273. The van der Waals surface area contributed by atoms with Crippen molar-refractivity contribution in [3.8, 4) is 11.1 Å². The molecular weight excluding hydrogens is 336 g/mol. The Labute approximate surface area is 158 Å². The summed E-state index contributed by atoms with van der Waals surface area (Å²) in [6.45, 7) is 3.10. The first-order valence-electron chi connectivity index (χ1n) is 9.50. The molecule has 0 saturated carbocycles. The molecule has 27 heavy (non-hydrogen) atoms. The summed E-state index contributed by atoms with van der Waals surface area (Å²) >= 11 is 0. The lowest BCUT2D eigenvalue weighted by Crippen LogP contribution is -2.32. The largest absolute Gasteiger partial charge is 0.472 e. The van der Waals surface area contributed by atoms with Gasteiger partial charge in [0.05, 0.1) is 12.5 Å². The Balaban J connectivity index is 1.31. The van der Waals surface area contributed by atoms with Crippen molar-refractivity contribution in [3.63, 3.8) is 0 Å². The molecule has 5 rings (SSSR count). The standard InChI is InChI=1S/C22H22N4O/c1-2-4-18(5-3-1)20-6-7-21-23-22(24-26(21)15-20)19-8-11-25(12-9-19)14-17-10-13-27-16-17/h1-7,10,13,15-16,19H,8-9,11-12,14H2. The molecule has 5 heteroatoms. The molecule has 0 unspecified atom stereocenters. The second-order valence-corrected chi connectivity index (χ2v) is 7.24. The van der Waals surface area contributed by atoms with Gasteiger partial charge in [-0.15, -0.1) is 0 Å². The first-order chi connectivity index (χ1) is 13.3. The minimum absolute atomic E-state index is 0.436. The number of piperidine rings is 1. The third kappa shape index (κ3) is 3.38. The van der Waals surface area contributed by atoms with Crippen molar-refractivity contribution < 1.29 is 4.42 Å². The van der Waals surface area contributed by atoms with E-state index in [4.69, 9.17) is 14.5 Å². The number of nitrogens with zero attached hydrogens (tertiary/aromatic N) is 4. The van der Waals surface area contributed by atoms with Gasteiger partial charge in [0.25, 0.3) is 0 Å². The molecule has 1 aliphatic heterocycles. The predicted octanol–water partition coefficient (Wildman–Crippen LogP) is 4.37. The molecule has 5 nitrogen and oxygen atoms in total. The maximum atomic E-state index is 5.17. The van der Waals surface area contributed by atoms with Crippen molar-refractivity contribution in [1.82, 2.24) is 19.5 Å². The van der Waals surface area contributed by atoms with Crippen LogP contribution in [0.1, 0.15) is 30.1 Å². The molecule has 3 aromatic heterocycles. The summed E-state index contributed by atoms with van der Waals surface area (Å²) in [6, 6.07) is 16.6.